The summed E-state index contributed by atoms with van der Waals surface area (Å²) >= 11 is 0. The van der Waals surface area contributed by atoms with Crippen molar-refractivity contribution in [2.45, 2.75) is 39.2 Å². The highest BCUT2D eigenvalue weighted by Gasteiger charge is 2.19. The first-order chi connectivity index (χ1) is 8.35. The third kappa shape index (κ3) is 3.01. The van der Waals surface area contributed by atoms with Gasteiger partial charge in [-0.15, -0.1) is 0 Å². The molecule has 0 spiro atoms. The van der Waals surface area contributed by atoms with Gasteiger partial charge < -0.3 is 5.32 Å². The van der Waals surface area contributed by atoms with Crippen LogP contribution in [0.3, 0.4) is 0 Å². The number of hydrogen-bond donors (Lipinski definition) is 1. The van der Waals surface area contributed by atoms with Crippen LogP contribution in [0.15, 0.2) is 24.3 Å². The number of hydrogen-bond acceptors (Lipinski definition) is 2. The Kier molecular flexibility index (Phi) is 4.43. The minimum Gasteiger partial charge on any atom is -0.383 e. The highest BCUT2D eigenvalue weighted by atomic mass is 15.2. The summed E-state index contributed by atoms with van der Waals surface area (Å²) in [5.74, 6) is 0. The van der Waals surface area contributed by atoms with Crippen molar-refractivity contribution in [2.75, 3.05) is 25.0 Å². The maximum absolute atomic E-state index is 3.61. The van der Waals surface area contributed by atoms with Gasteiger partial charge in [-0.1, -0.05) is 32.0 Å². The largest absolute Gasteiger partial charge is 0.383 e. The van der Waals surface area contributed by atoms with Crippen molar-refractivity contribution in [1.29, 1.82) is 0 Å². The minimum atomic E-state index is 0.687. The number of fused-ring (bicyclic) bond motifs is 1. The molecule has 0 saturated carbocycles. The highest BCUT2D eigenvalue weighted by Crippen LogP contribution is 2.22. The van der Waals surface area contributed by atoms with Gasteiger partial charge in [-0.3, -0.25) is 4.90 Å². The molecule has 0 aromatic heterocycles. The average Bonchev–Trinajstić information content (AvgIpc) is 2.58. The summed E-state index contributed by atoms with van der Waals surface area (Å²) in [5.41, 5.74) is 2.81. The Morgan fingerprint density at radius 3 is 2.88 bits per heavy atom. The monoisotopic (exact) mass is 232 g/mol. The molecule has 1 heterocycles. The molecule has 17 heavy (non-hydrogen) atoms. The van der Waals surface area contributed by atoms with Crippen LogP contribution in [-0.2, 0) is 6.42 Å². The number of nitrogens with one attached hydrogen (secondary N) is 1. The van der Waals surface area contributed by atoms with Crippen molar-refractivity contribution in [3.8, 4) is 0 Å². The van der Waals surface area contributed by atoms with E-state index in [1.807, 2.05) is 0 Å². The van der Waals surface area contributed by atoms with E-state index in [1.165, 1.54) is 37.1 Å². The molecule has 0 amide bonds. The quantitative estimate of drug-likeness (QED) is 0.858. The molecule has 1 aliphatic heterocycles. The molecule has 0 saturated heterocycles. The molecule has 1 unspecified atom stereocenters. The SMILES string of the molecule is CCCN(CC)C1CCc2ccccc2NC1. The lowest BCUT2D eigenvalue weighted by Gasteiger charge is -2.29. The summed E-state index contributed by atoms with van der Waals surface area (Å²) < 4.78 is 0. The van der Waals surface area contributed by atoms with Gasteiger partial charge in [0.2, 0.25) is 0 Å². The average molecular weight is 232 g/mol. The Balaban J connectivity index is 2.03. The van der Waals surface area contributed by atoms with Gasteiger partial charge in [0.1, 0.15) is 0 Å². The second kappa shape index (κ2) is 6.06. The summed E-state index contributed by atoms with van der Waals surface area (Å²) in [7, 11) is 0. The van der Waals surface area contributed by atoms with Crippen LogP contribution in [-0.4, -0.2) is 30.6 Å². The number of aryl methyl sites for hydroxylation is 1. The summed E-state index contributed by atoms with van der Waals surface area (Å²) in [5, 5.41) is 3.61. The number of nitrogens with zero attached hydrogens (tertiary/aromatic N) is 1. The van der Waals surface area contributed by atoms with Gasteiger partial charge in [-0.25, -0.2) is 0 Å². The van der Waals surface area contributed by atoms with E-state index in [2.05, 4.69) is 48.3 Å². The topological polar surface area (TPSA) is 15.3 Å². The molecular formula is C15H24N2. The zero-order valence-electron chi connectivity index (χ0n) is 11.1. The Morgan fingerprint density at radius 1 is 1.29 bits per heavy atom. The Hall–Kier alpha value is -1.02. The van der Waals surface area contributed by atoms with Crippen LogP contribution in [0, 0.1) is 0 Å². The molecule has 1 aliphatic rings. The molecule has 2 heteroatoms. The van der Waals surface area contributed by atoms with E-state index in [-0.39, 0.29) is 0 Å². The summed E-state index contributed by atoms with van der Waals surface area (Å²) in [6.07, 6.45) is 3.73. The summed E-state index contributed by atoms with van der Waals surface area (Å²) in [6, 6.07) is 9.40. The van der Waals surface area contributed by atoms with Crippen LogP contribution in [0.25, 0.3) is 0 Å². The fraction of sp³-hybridized carbons (Fsp3) is 0.600. The fourth-order valence-corrected chi connectivity index (χ4v) is 2.76. The van der Waals surface area contributed by atoms with Crippen LogP contribution < -0.4 is 5.32 Å². The van der Waals surface area contributed by atoms with Crippen LogP contribution in [0.1, 0.15) is 32.3 Å². The fourth-order valence-electron chi connectivity index (χ4n) is 2.76. The molecular weight excluding hydrogens is 208 g/mol. The lowest BCUT2D eigenvalue weighted by atomic mass is 10.1. The summed E-state index contributed by atoms with van der Waals surface area (Å²) in [4.78, 5) is 2.61. The van der Waals surface area contributed by atoms with Gasteiger partial charge >= 0.3 is 0 Å². The molecule has 1 aromatic carbocycles. The first-order valence-corrected chi connectivity index (χ1v) is 6.91. The predicted molar refractivity (Wildman–Crippen MR) is 74.6 cm³/mol. The van der Waals surface area contributed by atoms with Gasteiger partial charge in [0, 0.05) is 18.3 Å². The van der Waals surface area contributed by atoms with Crippen LogP contribution in [0.2, 0.25) is 0 Å². The molecule has 2 nitrogen and oxygen atoms in total. The van der Waals surface area contributed by atoms with Crippen molar-refractivity contribution in [3.63, 3.8) is 0 Å². The first-order valence-electron chi connectivity index (χ1n) is 6.91. The maximum atomic E-state index is 3.61. The minimum absolute atomic E-state index is 0.687. The van der Waals surface area contributed by atoms with E-state index >= 15 is 0 Å². The third-order valence-corrected chi connectivity index (χ3v) is 3.73. The maximum Gasteiger partial charge on any atom is 0.0373 e. The molecule has 0 aliphatic carbocycles. The lowest BCUT2D eigenvalue weighted by Crippen LogP contribution is -2.40. The number of para-hydroxylation sites is 1. The third-order valence-electron chi connectivity index (χ3n) is 3.73. The Morgan fingerprint density at radius 2 is 2.12 bits per heavy atom. The van der Waals surface area contributed by atoms with Gasteiger partial charge in [0.25, 0.3) is 0 Å². The Bertz CT molecular complexity index is 322. The van der Waals surface area contributed by atoms with Gasteiger partial charge in [0.15, 0.2) is 0 Å². The van der Waals surface area contributed by atoms with Crippen molar-refractivity contribution in [1.82, 2.24) is 4.90 Å². The van der Waals surface area contributed by atoms with E-state index in [0.717, 1.165) is 13.1 Å². The van der Waals surface area contributed by atoms with Gasteiger partial charge in [0.05, 0.1) is 0 Å². The molecule has 2 rings (SSSR count). The zero-order chi connectivity index (χ0) is 12.1. The van der Waals surface area contributed by atoms with E-state index in [4.69, 9.17) is 0 Å². The van der Waals surface area contributed by atoms with E-state index < -0.39 is 0 Å². The highest BCUT2D eigenvalue weighted by molar-refractivity contribution is 5.52. The van der Waals surface area contributed by atoms with Crippen molar-refractivity contribution < 1.29 is 0 Å². The van der Waals surface area contributed by atoms with Gasteiger partial charge in [-0.05, 0) is 44.0 Å². The molecule has 1 atom stereocenters. The normalized spacial score (nSPS) is 19.6. The molecule has 1 N–H and O–H groups in total. The molecule has 0 fully saturated rings. The van der Waals surface area contributed by atoms with Crippen LogP contribution >= 0.6 is 0 Å². The summed E-state index contributed by atoms with van der Waals surface area (Å²) in [6.45, 7) is 8.01. The first kappa shape index (κ1) is 12.4. The van der Waals surface area contributed by atoms with Crippen molar-refractivity contribution in [3.05, 3.63) is 29.8 Å². The number of rotatable bonds is 4. The number of likely N-dealkylation sites (N-methyl/N-ethyl adjacent to an activating group) is 1. The van der Waals surface area contributed by atoms with E-state index in [1.54, 1.807) is 0 Å². The second-order valence-electron chi connectivity index (χ2n) is 4.86. The van der Waals surface area contributed by atoms with E-state index in [0.29, 0.717) is 6.04 Å². The molecule has 1 aromatic rings. The molecule has 0 bridgehead atoms. The number of anilines is 1. The standard InChI is InChI=1S/C15H24N2/c1-3-11-17(4-2)14-10-9-13-7-5-6-8-15(13)16-12-14/h5-8,14,16H,3-4,9-12H2,1-2H3. The van der Waals surface area contributed by atoms with Crippen molar-refractivity contribution in [2.24, 2.45) is 0 Å². The van der Waals surface area contributed by atoms with Crippen LogP contribution in [0.5, 0.6) is 0 Å². The Labute approximate surface area is 105 Å². The van der Waals surface area contributed by atoms with Gasteiger partial charge in [-0.2, -0.15) is 0 Å². The van der Waals surface area contributed by atoms with E-state index in [9.17, 15) is 0 Å². The smallest absolute Gasteiger partial charge is 0.0373 e. The predicted octanol–water partition coefficient (Wildman–Crippen LogP) is 3.15. The second-order valence-corrected chi connectivity index (χ2v) is 4.86. The zero-order valence-corrected chi connectivity index (χ0v) is 11.1. The molecule has 94 valence electrons. The number of benzene rings is 1. The van der Waals surface area contributed by atoms with Crippen LogP contribution in [0.4, 0.5) is 5.69 Å². The molecule has 0 radical (unpaired) electrons. The lowest BCUT2D eigenvalue weighted by molar-refractivity contribution is 0.206. The van der Waals surface area contributed by atoms with Crippen molar-refractivity contribution >= 4 is 5.69 Å².